The van der Waals surface area contributed by atoms with Crippen molar-refractivity contribution in [1.29, 1.82) is 0 Å². The highest BCUT2D eigenvalue weighted by molar-refractivity contribution is 14.0. The van der Waals surface area contributed by atoms with Gasteiger partial charge in [-0.15, -0.1) is 24.0 Å². The normalized spacial score (nSPS) is 10.8. The van der Waals surface area contributed by atoms with Crippen LogP contribution in [0.15, 0.2) is 53.5 Å². The van der Waals surface area contributed by atoms with Crippen LogP contribution in [0, 0.1) is 0 Å². The third-order valence-corrected chi connectivity index (χ3v) is 4.20. The van der Waals surface area contributed by atoms with Gasteiger partial charge in [-0.3, -0.25) is 5.10 Å². The molecule has 2 aromatic carbocycles. The zero-order chi connectivity index (χ0) is 20.5. The summed E-state index contributed by atoms with van der Waals surface area (Å²) in [7, 11) is 3.30. The second kappa shape index (κ2) is 12.0. The number of nitrogens with zero attached hydrogens (tertiary/aromatic N) is 3. The van der Waals surface area contributed by atoms with Crippen molar-refractivity contribution >= 4 is 29.9 Å². The van der Waals surface area contributed by atoms with Crippen molar-refractivity contribution in [3.63, 3.8) is 0 Å². The molecule has 0 fully saturated rings. The Morgan fingerprint density at radius 2 is 1.80 bits per heavy atom. The number of benzene rings is 2. The van der Waals surface area contributed by atoms with E-state index in [-0.39, 0.29) is 24.0 Å². The lowest BCUT2D eigenvalue weighted by molar-refractivity contribution is 0.414. The third-order valence-electron chi connectivity index (χ3n) is 4.20. The molecule has 0 unspecified atom stereocenters. The predicted octanol–water partition coefficient (Wildman–Crippen LogP) is 3.36. The molecule has 0 bridgehead atoms. The van der Waals surface area contributed by atoms with Gasteiger partial charge in [-0.1, -0.05) is 12.1 Å². The molecule has 0 spiro atoms. The fourth-order valence-corrected chi connectivity index (χ4v) is 2.69. The maximum absolute atomic E-state index is 5.26. The second-order valence-corrected chi connectivity index (χ2v) is 6.23. The van der Waals surface area contributed by atoms with Crippen molar-refractivity contribution in [2.75, 3.05) is 20.8 Å². The van der Waals surface area contributed by atoms with E-state index in [0.29, 0.717) is 24.9 Å². The van der Waals surface area contributed by atoms with E-state index in [4.69, 9.17) is 9.47 Å². The number of hydrogen-bond donors (Lipinski definition) is 3. The van der Waals surface area contributed by atoms with Gasteiger partial charge in [-0.25, -0.2) is 9.98 Å². The van der Waals surface area contributed by atoms with Crippen molar-refractivity contribution < 1.29 is 9.47 Å². The van der Waals surface area contributed by atoms with Crippen LogP contribution < -0.4 is 20.1 Å². The molecule has 0 atom stereocenters. The minimum atomic E-state index is 0. The van der Waals surface area contributed by atoms with Crippen molar-refractivity contribution in [1.82, 2.24) is 25.8 Å². The van der Waals surface area contributed by atoms with E-state index in [1.807, 2.05) is 55.5 Å². The van der Waals surface area contributed by atoms with Crippen LogP contribution in [0.25, 0.3) is 11.4 Å². The van der Waals surface area contributed by atoms with Crippen LogP contribution >= 0.6 is 24.0 Å². The highest BCUT2D eigenvalue weighted by Crippen LogP contribution is 2.19. The van der Waals surface area contributed by atoms with Gasteiger partial charge in [0, 0.05) is 12.1 Å². The zero-order valence-electron chi connectivity index (χ0n) is 17.3. The van der Waals surface area contributed by atoms with Gasteiger partial charge in [-0.2, -0.15) is 5.10 Å². The van der Waals surface area contributed by atoms with E-state index in [0.717, 1.165) is 35.0 Å². The average Bonchev–Trinajstić information content (AvgIpc) is 3.25. The predicted molar refractivity (Wildman–Crippen MR) is 128 cm³/mol. The number of ether oxygens (including phenoxy) is 2. The Labute approximate surface area is 193 Å². The van der Waals surface area contributed by atoms with Crippen LogP contribution in [0.2, 0.25) is 0 Å². The molecular weight excluding hydrogens is 495 g/mol. The van der Waals surface area contributed by atoms with Gasteiger partial charge in [0.1, 0.15) is 17.3 Å². The molecule has 3 rings (SSSR count). The van der Waals surface area contributed by atoms with Crippen molar-refractivity contribution in [3.8, 4) is 22.9 Å². The molecule has 0 saturated carbocycles. The van der Waals surface area contributed by atoms with Crippen LogP contribution in [-0.4, -0.2) is 41.9 Å². The lowest BCUT2D eigenvalue weighted by atomic mass is 10.2. The van der Waals surface area contributed by atoms with Crippen LogP contribution in [0.1, 0.15) is 18.3 Å². The number of methoxy groups -OCH3 is 2. The van der Waals surface area contributed by atoms with Crippen LogP contribution in [0.5, 0.6) is 11.5 Å². The average molecular weight is 522 g/mol. The summed E-state index contributed by atoms with van der Waals surface area (Å²) < 4.78 is 10.4. The molecule has 8 nitrogen and oxygen atoms in total. The van der Waals surface area contributed by atoms with E-state index in [9.17, 15) is 0 Å². The van der Waals surface area contributed by atoms with Gasteiger partial charge in [-0.05, 0) is 48.9 Å². The van der Waals surface area contributed by atoms with Gasteiger partial charge >= 0.3 is 0 Å². The first-order chi connectivity index (χ1) is 14.2. The monoisotopic (exact) mass is 522 g/mol. The molecule has 0 radical (unpaired) electrons. The zero-order valence-corrected chi connectivity index (χ0v) is 19.6. The number of halogens is 1. The molecule has 9 heteroatoms. The number of hydrogen-bond acceptors (Lipinski definition) is 5. The van der Waals surface area contributed by atoms with Gasteiger partial charge in [0.2, 0.25) is 0 Å². The first-order valence-corrected chi connectivity index (χ1v) is 9.42. The summed E-state index contributed by atoms with van der Waals surface area (Å²) in [5, 5.41) is 13.8. The first kappa shape index (κ1) is 23.5. The second-order valence-electron chi connectivity index (χ2n) is 6.23. The minimum absolute atomic E-state index is 0. The van der Waals surface area contributed by atoms with Crippen molar-refractivity contribution in [2.45, 2.75) is 20.0 Å². The molecule has 0 aliphatic carbocycles. The molecule has 0 aliphatic rings. The number of aromatic amines is 1. The quantitative estimate of drug-likeness (QED) is 0.239. The van der Waals surface area contributed by atoms with E-state index in [2.05, 4.69) is 30.8 Å². The van der Waals surface area contributed by atoms with E-state index in [1.165, 1.54) is 0 Å². The largest absolute Gasteiger partial charge is 0.497 e. The summed E-state index contributed by atoms with van der Waals surface area (Å²) in [6.07, 6.45) is 0. The van der Waals surface area contributed by atoms with Gasteiger partial charge in [0.05, 0.1) is 27.3 Å². The van der Waals surface area contributed by atoms with Gasteiger partial charge in [0.15, 0.2) is 11.8 Å². The molecule has 0 aliphatic heterocycles. The van der Waals surface area contributed by atoms with E-state index in [1.54, 1.807) is 14.2 Å². The summed E-state index contributed by atoms with van der Waals surface area (Å²) in [6, 6.07) is 15.5. The van der Waals surface area contributed by atoms with Crippen LogP contribution in [0.4, 0.5) is 0 Å². The maximum Gasteiger partial charge on any atom is 0.191 e. The number of nitrogens with one attached hydrogen (secondary N) is 3. The standard InChI is InChI=1S/C21H26N6O2.HI/c1-4-22-21(23-13-15-6-5-7-18(12-15)29-3)24-14-19-25-20(27-26-19)16-8-10-17(28-2)11-9-16;/h5-12H,4,13-14H2,1-3H3,(H2,22,23,24)(H,25,26,27);1H. The lowest BCUT2D eigenvalue weighted by Gasteiger charge is -2.10. The Bertz CT molecular complexity index is 943. The third kappa shape index (κ3) is 6.61. The molecule has 0 saturated heterocycles. The van der Waals surface area contributed by atoms with Crippen molar-refractivity contribution in [3.05, 3.63) is 59.9 Å². The molecule has 160 valence electrons. The summed E-state index contributed by atoms with van der Waals surface area (Å²) in [5.41, 5.74) is 2.00. The lowest BCUT2D eigenvalue weighted by Crippen LogP contribution is -2.37. The van der Waals surface area contributed by atoms with Crippen molar-refractivity contribution in [2.24, 2.45) is 4.99 Å². The summed E-state index contributed by atoms with van der Waals surface area (Å²) in [5.74, 6) is 3.69. The fourth-order valence-electron chi connectivity index (χ4n) is 2.69. The molecule has 3 N–H and O–H groups in total. The number of H-pyrrole nitrogens is 1. The molecule has 0 amide bonds. The Kier molecular flexibility index (Phi) is 9.39. The Morgan fingerprint density at radius 3 is 2.50 bits per heavy atom. The molecule has 1 heterocycles. The summed E-state index contributed by atoms with van der Waals surface area (Å²) in [6.45, 7) is 3.81. The first-order valence-electron chi connectivity index (χ1n) is 9.42. The van der Waals surface area contributed by atoms with Gasteiger partial charge < -0.3 is 20.1 Å². The van der Waals surface area contributed by atoms with E-state index < -0.39 is 0 Å². The number of aromatic nitrogens is 3. The SMILES string of the molecule is CCNC(=NCc1cccc(OC)c1)NCc1nc(-c2ccc(OC)cc2)n[nH]1.I. The highest BCUT2D eigenvalue weighted by atomic mass is 127. The van der Waals surface area contributed by atoms with Crippen LogP contribution in [-0.2, 0) is 13.1 Å². The molecule has 3 aromatic rings. The minimum Gasteiger partial charge on any atom is -0.497 e. The fraction of sp³-hybridized carbons (Fsp3) is 0.286. The Balaban J connectivity index is 0.00000320. The molecular formula is C21H27IN6O2. The van der Waals surface area contributed by atoms with Crippen LogP contribution in [0.3, 0.4) is 0 Å². The maximum atomic E-state index is 5.26. The molecule has 30 heavy (non-hydrogen) atoms. The Morgan fingerprint density at radius 1 is 1.03 bits per heavy atom. The summed E-state index contributed by atoms with van der Waals surface area (Å²) in [4.78, 5) is 9.16. The van der Waals surface area contributed by atoms with Gasteiger partial charge in [0.25, 0.3) is 0 Å². The highest BCUT2D eigenvalue weighted by Gasteiger charge is 2.07. The summed E-state index contributed by atoms with van der Waals surface area (Å²) >= 11 is 0. The number of guanidine groups is 1. The van der Waals surface area contributed by atoms with E-state index >= 15 is 0 Å². The number of aliphatic imine (C=N–C) groups is 1. The Hall–Kier alpha value is -2.82. The smallest absolute Gasteiger partial charge is 0.191 e. The molecule has 1 aromatic heterocycles. The topological polar surface area (TPSA) is 96.5 Å². The number of rotatable bonds is 8.